The Morgan fingerprint density at radius 2 is 1.31 bits per heavy atom. The highest BCUT2D eigenvalue weighted by Gasteiger charge is 2.28. The highest BCUT2D eigenvalue weighted by Crippen LogP contribution is 2.23. The Morgan fingerprint density at radius 3 is 1.89 bits per heavy atom. The van der Waals surface area contributed by atoms with Gasteiger partial charge >= 0.3 is 0 Å². The van der Waals surface area contributed by atoms with Crippen LogP contribution in [-0.2, 0) is 38.7 Å². The second-order valence-corrected chi connectivity index (χ2v) is 11.9. The molecule has 3 aromatic carbocycles. The molecule has 35 heavy (non-hydrogen) atoms. The lowest BCUT2D eigenvalue weighted by atomic mass is 10.2. The Morgan fingerprint density at radius 1 is 0.771 bits per heavy atom. The fraction of sp³-hybridized carbons (Fsp3) is 0.192. The summed E-state index contributed by atoms with van der Waals surface area (Å²) in [6.07, 6.45) is 1.46. The maximum Gasteiger partial charge on any atom is 0.243 e. The number of benzene rings is 3. The van der Waals surface area contributed by atoms with Crippen LogP contribution >= 0.6 is 0 Å². The first-order valence-corrected chi connectivity index (χ1v) is 14.3. The molecule has 7 nitrogen and oxygen atoms in total. The predicted octanol–water partition coefficient (Wildman–Crippen LogP) is 4.12. The number of imidazole rings is 1. The largest absolute Gasteiger partial charge is 0.313 e. The summed E-state index contributed by atoms with van der Waals surface area (Å²) in [5.74, 6) is -0.196. The van der Waals surface area contributed by atoms with Crippen LogP contribution in [0.4, 0.5) is 0 Å². The number of rotatable bonds is 10. The molecule has 0 aliphatic rings. The van der Waals surface area contributed by atoms with Crippen LogP contribution in [0.5, 0.6) is 0 Å². The van der Waals surface area contributed by atoms with Crippen LogP contribution in [0.3, 0.4) is 0 Å². The van der Waals surface area contributed by atoms with Gasteiger partial charge in [0.2, 0.25) is 25.0 Å². The van der Waals surface area contributed by atoms with Crippen molar-refractivity contribution in [3.63, 3.8) is 0 Å². The summed E-state index contributed by atoms with van der Waals surface area (Å²) in [5.41, 5.74) is 2.05. The molecule has 0 N–H and O–H groups in total. The van der Waals surface area contributed by atoms with E-state index in [0.717, 1.165) is 5.56 Å². The number of aromatic nitrogens is 2. The van der Waals surface area contributed by atoms with Crippen molar-refractivity contribution >= 4 is 19.9 Å². The lowest BCUT2D eigenvalue weighted by molar-refractivity contribution is 0.410. The smallest absolute Gasteiger partial charge is 0.243 e. The van der Waals surface area contributed by atoms with E-state index >= 15 is 0 Å². The van der Waals surface area contributed by atoms with Gasteiger partial charge in [-0.15, -0.1) is 0 Å². The minimum Gasteiger partial charge on any atom is -0.313 e. The van der Waals surface area contributed by atoms with E-state index in [1.54, 1.807) is 66.1 Å². The second kappa shape index (κ2) is 10.6. The fourth-order valence-electron chi connectivity index (χ4n) is 3.85. The summed E-state index contributed by atoms with van der Waals surface area (Å²) in [6, 6.07) is 26.6. The Balaban J connectivity index is 1.73. The van der Waals surface area contributed by atoms with Crippen molar-refractivity contribution < 1.29 is 16.8 Å². The summed E-state index contributed by atoms with van der Waals surface area (Å²) in [7, 11) is -7.56. The average molecular weight is 510 g/mol. The summed E-state index contributed by atoms with van der Waals surface area (Å²) in [5, 5.41) is -0.0756. The molecule has 1 heterocycles. The molecule has 4 rings (SSSR count). The van der Waals surface area contributed by atoms with Gasteiger partial charge < -0.3 is 4.57 Å². The van der Waals surface area contributed by atoms with Crippen LogP contribution in [0.25, 0.3) is 0 Å². The van der Waals surface area contributed by atoms with Gasteiger partial charge in [0.1, 0.15) is 0 Å². The minimum absolute atomic E-state index is 0.00554. The number of hydrogen-bond donors (Lipinski definition) is 0. The molecule has 0 bridgehead atoms. The molecule has 0 fully saturated rings. The van der Waals surface area contributed by atoms with Crippen LogP contribution in [0, 0.1) is 0 Å². The van der Waals surface area contributed by atoms with Crippen LogP contribution in [0.1, 0.15) is 23.7 Å². The minimum atomic E-state index is -3.79. The van der Waals surface area contributed by atoms with Gasteiger partial charge in [0.25, 0.3) is 0 Å². The van der Waals surface area contributed by atoms with Crippen LogP contribution in [-0.4, -0.2) is 37.2 Å². The van der Waals surface area contributed by atoms with E-state index in [1.807, 2.05) is 36.4 Å². The van der Waals surface area contributed by atoms with E-state index in [1.165, 1.54) is 10.5 Å². The third-order valence-corrected chi connectivity index (χ3v) is 9.17. The van der Waals surface area contributed by atoms with E-state index in [-0.39, 0.29) is 35.4 Å². The molecular weight excluding hydrogens is 482 g/mol. The second-order valence-electron chi connectivity index (χ2n) is 8.09. The first kappa shape index (κ1) is 24.8. The molecule has 0 saturated carbocycles. The van der Waals surface area contributed by atoms with Crippen molar-refractivity contribution in [2.45, 2.75) is 35.8 Å². The van der Waals surface area contributed by atoms with Crippen LogP contribution < -0.4 is 0 Å². The van der Waals surface area contributed by atoms with Crippen LogP contribution in [0.15, 0.2) is 107 Å². The maximum absolute atomic E-state index is 13.4. The van der Waals surface area contributed by atoms with Gasteiger partial charge in [-0.05, 0) is 23.3 Å². The molecule has 0 atom stereocenters. The van der Waals surface area contributed by atoms with Gasteiger partial charge in [-0.1, -0.05) is 85.8 Å². The highest BCUT2D eigenvalue weighted by molar-refractivity contribution is 7.90. The third kappa shape index (κ3) is 5.70. The van der Waals surface area contributed by atoms with Crippen molar-refractivity contribution in [3.05, 3.63) is 114 Å². The van der Waals surface area contributed by atoms with Crippen molar-refractivity contribution in [2.75, 3.05) is 6.54 Å². The summed E-state index contributed by atoms with van der Waals surface area (Å²) < 4.78 is 56.2. The monoisotopic (exact) mass is 509 g/mol. The topological polar surface area (TPSA) is 89.3 Å². The van der Waals surface area contributed by atoms with Crippen molar-refractivity contribution in [1.82, 2.24) is 13.9 Å². The number of hydrogen-bond acceptors (Lipinski definition) is 5. The standard InChI is InChI=1S/C26H27N3O4S2/c1-2-28(35(32,33)25-16-10-5-11-17-25)20-24-18-27-26(29(24)19-22-12-6-3-7-13-22)34(30,31)21-23-14-8-4-9-15-23/h3-18H,2,19-21H2,1H3. The molecule has 0 aliphatic heterocycles. The zero-order valence-electron chi connectivity index (χ0n) is 19.4. The Labute approximate surface area is 206 Å². The molecule has 0 saturated heterocycles. The fourth-order valence-corrected chi connectivity index (χ4v) is 6.78. The predicted molar refractivity (Wildman–Crippen MR) is 135 cm³/mol. The third-order valence-electron chi connectivity index (χ3n) is 5.63. The van der Waals surface area contributed by atoms with Gasteiger partial charge in [0, 0.05) is 6.54 Å². The number of sulfone groups is 1. The van der Waals surface area contributed by atoms with E-state index in [4.69, 9.17) is 0 Å². The molecule has 4 aromatic rings. The molecule has 0 unspecified atom stereocenters. The number of sulfonamides is 1. The molecule has 0 aliphatic carbocycles. The number of nitrogens with zero attached hydrogens (tertiary/aromatic N) is 3. The SMILES string of the molecule is CCN(Cc1cnc(S(=O)(=O)Cc2ccccc2)n1Cc1ccccc1)S(=O)(=O)c1ccccc1. The van der Waals surface area contributed by atoms with E-state index in [0.29, 0.717) is 11.3 Å². The van der Waals surface area contributed by atoms with E-state index < -0.39 is 19.9 Å². The summed E-state index contributed by atoms with van der Waals surface area (Å²) in [4.78, 5) is 4.46. The maximum atomic E-state index is 13.4. The van der Waals surface area contributed by atoms with Gasteiger partial charge in [0.05, 0.1) is 35.6 Å². The summed E-state index contributed by atoms with van der Waals surface area (Å²) in [6.45, 7) is 2.22. The van der Waals surface area contributed by atoms with Crippen molar-refractivity contribution in [2.24, 2.45) is 0 Å². The highest BCUT2D eigenvalue weighted by atomic mass is 32.2. The first-order valence-electron chi connectivity index (χ1n) is 11.2. The van der Waals surface area contributed by atoms with E-state index in [2.05, 4.69) is 4.98 Å². The zero-order chi connectivity index (χ0) is 24.9. The normalized spacial score (nSPS) is 12.2. The molecular formula is C26H27N3O4S2. The first-order chi connectivity index (χ1) is 16.8. The van der Waals surface area contributed by atoms with Gasteiger partial charge in [0.15, 0.2) is 0 Å². The Kier molecular flexibility index (Phi) is 7.49. The molecule has 1 aromatic heterocycles. The average Bonchev–Trinajstić information content (AvgIpc) is 3.27. The zero-order valence-corrected chi connectivity index (χ0v) is 21.0. The molecule has 9 heteroatoms. The van der Waals surface area contributed by atoms with Gasteiger partial charge in [-0.25, -0.2) is 21.8 Å². The van der Waals surface area contributed by atoms with Crippen molar-refractivity contribution in [1.29, 1.82) is 0 Å². The van der Waals surface area contributed by atoms with Crippen LogP contribution in [0.2, 0.25) is 0 Å². The molecule has 182 valence electrons. The molecule has 0 spiro atoms. The van der Waals surface area contributed by atoms with E-state index in [9.17, 15) is 16.8 Å². The van der Waals surface area contributed by atoms with Gasteiger partial charge in [-0.2, -0.15) is 4.31 Å². The molecule has 0 radical (unpaired) electrons. The summed E-state index contributed by atoms with van der Waals surface area (Å²) >= 11 is 0. The molecule has 0 amide bonds. The lowest BCUT2D eigenvalue weighted by Gasteiger charge is -2.22. The Bertz CT molecular complexity index is 1470. The lowest BCUT2D eigenvalue weighted by Crippen LogP contribution is -2.31. The van der Waals surface area contributed by atoms with Crippen molar-refractivity contribution in [3.8, 4) is 0 Å². The quantitative estimate of drug-likeness (QED) is 0.321. The Hall–Kier alpha value is -3.27. The van der Waals surface area contributed by atoms with Gasteiger partial charge in [-0.3, -0.25) is 0 Å².